The number of rotatable bonds is 3. The number of hydrogen-bond donors (Lipinski definition) is 2. The second kappa shape index (κ2) is 4.47. The van der Waals surface area contributed by atoms with Crippen LogP contribution in [0.1, 0.15) is 16.4 Å². The van der Waals surface area contributed by atoms with Crippen molar-refractivity contribution >= 4 is 17.9 Å². The van der Waals surface area contributed by atoms with Crippen LogP contribution >= 0.6 is 0 Å². The first kappa shape index (κ1) is 10.9. The molecule has 2 heterocycles. The van der Waals surface area contributed by atoms with E-state index in [2.05, 4.69) is 15.0 Å². The van der Waals surface area contributed by atoms with Gasteiger partial charge in [0.2, 0.25) is 17.7 Å². The third-order valence-electron chi connectivity index (χ3n) is 1.77. The molecule has 2 rings (SSSR count). The van der Waals surface area contributed by atoms with E-state index in [9.17, 15) is 4.79 Å². The van der Waals surface area contributed by atoms with Gasteiger partial charge in [0.15, 0.2) is 12.4 Å². The zero-order valence-electron chi connectivity index (χ0n) is 8.66. The second-order valence-electron chi connectivity index (χ2n) is 3.02. The molecule has 0 radical (unpaired) electrons. The van der Waals surface area contributed by atoms with Crippen LogP contribution in [0.5, 0.6) is 0 Å². The number of furan rings is 1. The van der Waals surface area contributed by atoms with Crippen LogP contribution in [0.25, 0.3) is 0 Å². The number of carbonyl (C=O) groups excluding carboxylic acids is 1. The molecule has 2 aromatic rings. The van der Waals surface area contributed by atoms with E-state index in [1.165, 1.54) is 12.3 Å². The highest BCUT2D eigenvalue weighted by atomic mass is 16.5. The van der Waals surface area contributed by atoms with E-state index in [4.69, 9.17) is 20.6 Å². The maximum absolute atomic E-state index is 11.4. The fourth-order valence-corrected chi connectivity index (χ4v) is 1.12. The third kappa shape index (κ3) is 2.68. The van der Waals surface area contributed by atoms with Gasteiger partial charge in [-0.25, -0.2) is 4.79 Å². The van der Waals surface area contributed by atoms with Crippen molar-refractivity contribution in [1.82, 2.24) is 15.0 Å². The van der Waals surface area contributed by atoms with Crippen molar-refractivity contribution in [2.45, 2.75) is 6.61 Å². The maximum Gasteiger partial charge on any atom is 0.374 e. The molecule has 0 unspecified atom stereocenters. The van der Waals surface area contributed by atoms with E-state index in [1.54, 1.807) is 6.07 Å². The molecule has 0 aromatic carbocycles. The van der Waals surface area contributed by atoms with Crippen LogP contribution in [0, 0.1) is 0 Å². The summed E-state index contributed by atoms with van der Waals surface area (Å²) in [6.07, 6.45) is 1.37. The number of nitrogens with two attached hydrogens (primary N) is 2. The van der Waals surface area contributed by atoms with Crippen LogP contribution < -0.4 is 11.5 Å². The molecule has 8 heteroatoms. The van der Waals surface area contributed by atoms with E-state index in [0.29, 0.717) is 0 Å². The lowest BCUT2D eigenvalue weighted by molar-refractivity contribution is 0.0425. The lowest BCUT2D eigenvalue weighted by Crippen LogP contribution is -2.10. The first-order valence-corrected chi connectivity index (χ1v) is 4.61. The zero-order chi connectivity index (χ0) is 12.3. The summed E-state index contributed by atoms with van der Waals surface area (Å²) in [5.74, 6) is -0.398. The minimum absolute atomic E-state index is 0.0263. The molecular formula is C9H9N5O3. The number of ether oxygens (including phenoxy) is 1. The monoisotopic (exact) mass is 235 g/mol. The van der Waals surface area contributed by atoms with Crippen molar-refractivity contribution in [2.24, 2.45) is 0 Å². The largest absolute Gasteiger partial charge is 0.457 e. The van der Waals surface area contributed by atoms with Gasteiger partial charge in [-0.3, -0.25) is 0 Å². The summed E-state index contributed by atoms with van der Waals surface area (Å²) in [6.45, 7) is -0.156. The standard InChI is InChI=1S/C9H9N5O3/c10-8-12-6(13-9(11)14-8)4-17-7(15)5-2-1-3-16-5/h1-3H,4H2,(H4,10,11,12,13,14). The number of esters is 1. The molecule has 0 aliphatic heterocycles. The van der Waals surface area contributed by atoms with E-state index in [0.717, 1.165) is 0 Å². The number of nitrogens with zero attached hydrogens (tertiary/aromatic N) is 3. The Labute approximate surface area is 95.6 Å². The van der Waals surface area contributed by atoms with Crippen molar-refractivity contribution < 1.29 is 13.9 Å². The average molecular weight is 235 g/mol. The summed E-state index contributed by atoms with van der Waals surface area (Å²) in [6, 6.07) is 3.06. The molecule has 0 aliphatic rings. The highest BCUT2D eigenvalue weighted by Gasteiger charge is 2.11. The van der Waals surface area contributed by atoms with Crippen LogP contribution in [-0.4, -0.2) is 20.9 Å². The molecule has 0 spiro atoms. The smallest absolute Gasteiger partial charge is 0.374 e. The number of nitrogen functional groups attached to an aromatic ring is 2. The molecule has 0 atom stereocenters. The van der Waals surface area contributed by atoms with Crippen LogP contribution in [-0.2, 0) is 11.3 Å². The Kier molecular flexibility index (Phi) is 2.86. The first-order valence-electron chi connectivity index (χ1n) is 4.61. The van der Waals surface area contributed by atoms with Crippen molar-refractivity contribution in [2.75, 3.05) is 11.5 Å². The van der Waals surface area contributed by atoms with Gasteiger partial charge in [-0.1, -0.05) is 0 Å². The highest BCUT2D eigenvalue weighted by molar-refractivity contribution is 5.86. The van der Waals surface area contributed by atoms with Crippen molar-refractivity contribution in [3.8, 4) is 0 Å². The van der Waals surface area contributed by atoms with E-state index in [1.807, 2.05) is 0 Å². The summed E-state index contributed by atoms with van der Waals surface area (Å²) < 4.78 is 9.74. The van der Waals surface area contributed by atoms with E-state index in [-0.39, 0.29) is 30.1 Å². The molecule has 0 saturated heterocycles. The summed E-state index contributed by atoms with van der Waals surface area (Å²) >= 11 is 0. The normalized spacial score (nSPS) is 10.1. The topological polar surface area (TPSA) is 130 Å². The summed E-state index contributed by atoms with van der Waals surface area (Å²) in [5.41, 5.74) is 10.7. The molecule has 0 bridgehead atoms. The number of hydrogen-bond acceptors (Lipinski definition) is 8. The number of aromatic nitrogens is 3. The average Bonchev–Trinajstić information content (AvgIpc) is 2.78. The SMILES string of the molecule is Nc1nc(N)nc(COC(=O)c2ccco2)n1. The lowest BCUT2D eigenvalue weighted by atomic mass is 10.4. The summed E-state index contributed by atoms with van der Waals surface area (Å²) in [5, 5.41) is 0. The van der Waals surface area contributed by atoms with Crippen LogP contribution in [0.2, 0.25) is 0 Å². The van der Waals surface area contributed by atoms with Gasteiger partial charge in [0, 0.05) is 0 Å². The number of anilines is 2. The fraction of sp³-hybridized carbons (Fsp3) is 0.111. The molecule has 0 saturated carbocycles. The number of carbonyl (C=O) groups is 1. The highest BCUT2D eigenvalue weighted by Crippen LogP contribution is 2.05. The minimum Gasteiger partial charge on any atom is -0.457 e. The fourth-order valence-electron chi connectivity index (χ4n) is 1.12. The summed E-state index contributed by atoms with van der Waals surface area (Å²) in [7, 11) is 0. The van der Waals surface area contributed by atoms with E-state index >= 15 is 0 Å². The molecule has 17 heavy (non-hydrogen) atoms. The Balaban J connectivity index is 2.00. The van der Waals surface area contributed by atoms with Crippen LogP contribution in [0.15, 0.2) is 22.8 Å². The van der Waals surface area contributed by atoms with Crippen molar-refractivity contribution in [3.05, 3.63) is 30.0 Å². The Morgan fingerprint density at radius 2 is 2.00 bits per heavy atom. The third-order valence-corrected chi connectivity index (χ3v) is 1.77. The predicted octanol–water partition coefficient (Wildman–Crippen LogP) is -0.0140. The zero-order valence-corrected chi connectivity index (χ0v) is 8.66. The molecule has 0 fully saturated rings. The van der Waals surface area contributed by atoms with Gasteiger partial charge in [-0.05, 0) is 12.1 Å². The first-order chi connectivity index (χ1) is 8.15. The van der Waals surface area contributed by atoms with Crippen molar-refractivity contribution in [3.63, 3.8) is 0 Å². The molecule has 2 aromatic heterocycles. The Hall–Kier alpha value is -2.64. The second-order valence-corrected chi connectivity index (χ2v) is 3.02. The maximum atomic E-state index is 11.4. The van der Waals surface area contributed by atoms with Gasteiger partial charge in [0.1, 0.15) is 0 Å². The predicted molar refractivity (Wildman–Crippen MR) is 56.5 cm³/mol. The Morgan fingerprint density at radius 3 is 2.59 bits per heavy atom. The van der Waals surface area contributed by atoms with Gasteiger partial charge >= 0.3 is 5.97 Å². The van der Waals surface area contributed by atoms with Gasteiger partial charge in [0.25, 0.3) is 0 Å². The molecule has 4 N–H and O–H groups in total. The molecule has 0 aliphatic carbocycles. The Bertz CT molecular complexity index is 505. The van der Waals surface area contributed by atoms with Gasteiger partial charge < -0.3 is 20.6 Å². The summed E-state index contributed by atoms with van der Waals surface area (Å²) in [4.78, 5) is 22.5. The quantitative estimate of drug-likeness (QED) is 0.710. The molecule has 8 nitrogen and oxygen atoms in total. The van der Waals surface area contributed by atoms with Crippen LogP contribution in [0.4, 0.5) is 11.9 Å². The molecular weight excluding hydrogens is 226 g/mol. The van der Waals surface area contributed by atoms with Gasteiger partial charge in [-0.2, -0.15) is 15.0 Å². The minimum atomic E-state index is -0.618. The van der Waals surface area contributed by atoms with Crippen LogP contribution in [0.3, 0.4) is 0 Å². The molecule has 0 amide bonds. The van der Waals surface area contributed by atoms with Crippen molar-refractivity contribution in [1.29, 1.82) is 0 Å². The van der Waals surface area contributed by atoms with Gasteiger partial charge in [-0.15, -0.1) is 0 Å². The van der Waals surface area contributed by atoms with E-state index < -0.39 is 5.97 Å². The Morgan fingerprint density at radius 1 is 1.29 bits per heavy atom. The lowest BCUT2D eigenvalue weighted by Gasteiger charge is -2.02. The molecule has 88 valence electrons. The van der Waals surface area contributed by atoms with Gasteiger partial charge in [0.05, 0.1) is 6.26 Å².